The van der Waals surface area contributed by atoms with E-state index in [1.807, 2.05) is 6.92 Å². The maximum atomic E-state index is 12.2. The number of hydrogen-bond acceptors (Lipinski definition) is 5. The van der Waals surface area contributed by atoms with Gasteiger partial charge >= 0.3 is 0 Å². The zero-order valence-corrected chi connectivity index (χ0v) is 14.5. The van der Waals surface area contributed by atoms with Crippen molar-refractivity contribution in [3.63, 3.8) is 0 Å². The van der Waals surface area contributed by atoms with Crippen LogP contribution in [0.4, 0.5) is 5.82 Å². The van der Waals surface area contributed by atoms with Crippen LogP contribution in [0.25, 0.3) is 0 Å². The van der Waals surface area contributed by atoms with E-state index in [-0.39, 0.29) is 17.9 Å². The van der Waals surface area contributed by atoms with Gasteiger partial charge in [-0.25, -0.2) is 9.97 Å². The third-order valence-electron chi connectivity index (χ3n) is 4.80. The molecule has 0 aliphatic carbocycles. The number of amides is 1. The van der Waals surface area contributed by atoms with Gasteiger partial charge in [-0.15, -0.1) is 0 Å². The Balaban J connectivity index is 1.85. The lowest BCUT2D eigenvalue weighted by Crippen LogP contribution is -2.51. The molecular formula is C17H29N5O. The highest BCUT2D eigenvalue weighted by atomic mass is 16.2. The summed E-state index contributed by atoms with van der Waals surface area (Å²) in [6.07, 6.45) is 5.30. The summed E-state index contributed by atoms with van der Waals surface area (Å²) in [4.78, 5) is 23.0. The lowest BCUT2D eigenvalue weighted by molar-refractivity contribution is -0.124. The summed E-state index contributed by atoms with van der Waals surface area (Å²) in [5, 5.41) is 3.11. The Labute approximate surface area is 138 Å². The minimum Gasteiger partial charge on any atom is -0.356 e. The summed E-state index contributed by atoms with van der Waals surface area (Å²) in [5.41, 5.74) is 7.06. The Kier molecular flexibility index (Phi) is 6.33. The number of anilines is 1. The SMILES string of the molecule is CCc1cc(N2CCC(NC(=O)C(N)C(C)CC)CC2)ncn1. The third-order valence-corrected chi connectivity index (χ3v) is 4.80. The van der Waals surface area contributed by atoms with Gasteiger partial charge in [0.25, 0.3) is 0 Å². The number of nitrogens with one attached hydrogen (secondary N) is 1. The molecule has 2 rings (SSSR count). The van der Waals surface area contributed by atoms with Gasteiger partial charge in [-0.3, -0.25) is 4.79 Å². The minimum absolute atomic E-state index is 0.0203. The molecule has 1 fully saturated rings. The van der Waals surface area contributed by atoms with Crippen molar-refractivity contribution in [3.8, 4) is 0 Å². The van der Waals surface area contributed by atoms with Gasteiger partial charge in [-0.1, -0.05) is 27.2 Å². The van der Waals surface area contributed by atoms with Crippen LogP contribution >= 0.6 is 0 Å². The smallest absolute Gasteiger partial charge is 0.237 e. The van der Waals surface area contributed by atoms with E-state index in [9.17, 15) is 4.79 Å². The van der Waals surface area contributed by atoms with Crippen LogP contribution in [0.1, 0.15) is 45.7 Å². The number of piperidine rings is 1. The van der Waals surface area contributed by atoms with Crippen LogP contribution in [-0.4, -0.2) is 41.0 Å². The first kappa shape index (κ1) is 17.7. The zero-order valence-electron chi connectivity index (χ0n) is 14.5. The zero-order chi connectivity index (χ0) is 16.8. The standard InChI is InChI=1S/C17H29N5O/c1-4-12(3)16(18)17(23)21-14-6-8-22(9-7-14)15-10-13(5-2)19-11-20-15/h10-12,14,16H,4-9,18H2,1-3H3,(H,21,23). The molecule has 0 spiro atoms. The van der Waals surface area contributed by atoms with Crippen molar-refractivity contribution in [1.29, 1.82) is 0 Å². The first-order chi connectivity index (χ1) is 11.0. The Bertz CT molecular complexity index is 513. The molecule has 128 valence electrons. The summed E-state index contributed by atoms with van der Waals surface area (Å²) in [6, 6.07) is 1.85. The average Bonchev–Trinajstić information content (AvgIpc) is 2.61. The second-order valence-electron chi connectivity index (χ2n) is 6.40. The van der Waals surface area contributed by atoms with Gasteiger partial charge in [-0.05, 0) is 25.2 Å². The van der Waals surface area contributed by atoms with Crippen molar-refractivity contribution in [1.82, 2.24) is 15.3 Å². The van der Waals surface area contributed by atoms with Gasteiger partial charge in [-0.2, -0.15) is 0 Å². The van der Waals surface area contributed by atoms with Crippen LogP contribution in [-0.2, 0) is 11.2 Å². The number of hydrogen-bond donors (Lipinski definition) is 2. The van der Waals surface area contributed by atoms with E-state index >= 15 is 0 Å². The molecule has 2 unspecified atom stereocenters. The molecule has 23 heavy (non-hydrogen) atoms. The molecule has 1 aromatic heterocycles. The van der Waals surface area contributed by atoms with Gasteiger partial charge in [0, 0.05) is 30.9 Å². The van der Waals surface area contributed by atoms with E-state index in [4.69, 9.17) is 5.73 Å². The Hall–Kier alpha value is -1.69. The van der Waals surface area contributed by atoms with E-state index in [0.29, 0.717) is 0 Å². The second kappa shape index (κ2) is 8.24. The van der Waals surface area contributed by atoms with E-state index in [1.165, 1.54) is 0 Å². The number of aromatic nitrogens is 2. The summed E-state index contributed by atoms with van der Waals surface area (Å²) in [6.45, 7) is 7.96. The quantitative estimate of drug-likeness (QED) is 0.830. The predicted octanol–water partition coefficient (Wildman–Crippen LogP) is 1.50. The van der Waals surface area contributed by atoms with Crippen LogP contribution in [0.5, 0.6) is 0 Å². The van der Waals surface area contributed by atoms with Crippen molar-refractivity contribution >= 4 is 11.7 Å². The van der Waals surface area contributed by atoms with Crippen molar-refractivity contribution in [3.05, 3.63) is 18.1 Å². The van der Waals surface area contributed by atoms with E-state index in [0.717, 1.165) is 50.3 Å². The normalized spacial score (nSPS) is 18.5. The molecule has 3 N–H and O–H groups in total. The van der Waals surface area contributed by atoms with Gasteiger partial charge < -0.3 is 16.0 Å². The number of nitrogens with two attached hydrogens (primary N) is 1. The monoisotopic (exact) mass is 319 g/mol. The first-order valence-electron chi connectivity index (χ1n) is 8.67. The summed E-state index contributed by atoms with van der Waals surface area (Å²) in [7, 11) is 0. The van der Waals surface area contributed by atoms with E-state index in [1.54, 1.807) is 6.33 Å². The largest absolute Gasteiger partial charge is 0.356 e. The Morgan fingerprint density at radius 3 is 2.70 bits per heavy atom. The number of rotatable bonds is 6. The molecule has 1 aliphatic heterocycles. The maximum absolute atomic E-state index is 12.2. The van der Waals surface area contributed by atoms with E-state index < -0.39 is 6.04 Å². The summed E-state index contributed by atoms with van der Waals surface area (Å²) >= 11 is 0. The Morgan fingerprint density at radius 2 is 2.09 bits per heavy atom. The second-order valence-corrected chi connectivity index (χ2v) is 6.40. The van der Waals surface area contributed by atoms with Crippen molar-refractivity contribution in [2.24, 2.45) is 11.7 Å². The van der Waals surface area contributed by atoms with Gasteiger partial charge in [0.15, 0.2) is 0 Å². The highest BCUT2D eigenvalue weighted by Gasteiger charge is 2.25. The molecule has 2 heterocycles. The van der Waals surface area contributed by atoms with Crippen molar-refractivity contribution < 1.29 is 4.79 Å². The molecule has 1 aliphatic rings. The van der Waals surface area contributed by atoms with Crippen molar-refractivity contribution in [2.45, 2.75) is 58.5 Å². The van der Waals surface area contributed by atoms with E-state index in [2.05, 4.69) is 40.1 Å². The fourth-order valence-electron chi connectivity index (χ4n) is 2.81. The molecule has 0 saturated carbocycles. The maximum Gasteiger partial charge on any atom is 0.237 e. The molecule has 6 nitrogen and oxygen atoms in total. The molecule has 0 radical (unpaired) electrons. The first-order valence-corrected chi connectivity index (χ1v) is 8.67. The van der Waals surface area contributed by atoms with Crippen LogP contribution in [0, 0.1) is 5.92 Å². The third kappa shape index (κ3) is 4.64. The summed E-state index contributed by atoms with van der Waals surface area (Å²) in [5.74, 6) is 1.18. The van der Waals surface area contributed by atoms with Crippen LogP contribution in [0.2, 0.25) is 0 Å². The van der Waals surface area contributed by atoms with Crippen molar-refractivity contribution in [2.75, 3.05) is 18.0 Å². The minimum atomic E-state index is -0.410. The number of nitrogens with zero attached hydrogens (tertiary/aromatic N) is 3. The predicted molar refractivity (Wildman–Crippen MR) is 92.2 cm³/mol. The van der Waals surface area contributed by atoms with Gasteiger partial charge in [0.05, 0.1) is 6.04 Å². The lowest BCUT2D eigenvalue weighted by atomic mass is 9.98. The van der Waals surface area contributed by atoms with Gasteiger partial charge in [0.1, 0.15) is 12.1 Å². The lowest BCUT2D eigenvalue weighted by Gasteiger charge is -2.34. The number of carbonyl (C=O) groups is 1. The average molecular weight is 319 g/mol. The topological polar surface area (TPSA) is 84.1 Å². The van der Waals surface area contributed by atoms with Crippen LogP contribution in [0.15, 0.2) is 12.4 Å². The molecule has 0 bridgehead atoms. The molecule has 1 aromatic rings. The summed E-state index contributed by atoms with van der Waals surface area (Å²) < 4.78 is 0. The fourth-order valence-corrected chi connectivity index (χ4v) is 2.81. The highest BCUT2D eigenvalue weighted by molar-refractivity contribution is 5.82. The molecule has 1 amide bonds. The molecule has 1 saturated heterocycles. The number of carbonyl (C=O) groups excluding carboxylic acids is 1. The van der Waals surface area contributed by atoms with Crippen LogP contribution < -0.4 is 16.0 Å². The molecule has 0 aromatic carbocycles. The fraction of sp³-hybridized carbons (Fsp3) is 0.706. The molecule has 2 atom stereocenters. The van der Waals surface area contributed by atoms with Gasteiger partial charge in [0.2, 0.25) is 5.91 Å². The van der Waals surface area contributed by atoms with Crippen LogP contribution in [0.3, 0.4) is 0 Å². The molecular weight excluding hydrogens is 290 g/mol. The number of aryl methyl sites for hydroxylation is 1. The molecule has 6 heteroatoms. The Morgan fingerprint density at radius 1 is 1.39 bits per heavy atom. The highest BCUT2D eigenvalue weighted by Crippen LogP contribution is 2.18.